The number of para-hydroxylation sites is 1. The van der Waals surface area contributed by atoms with Crippen molar-refractivity contribution in [3.8, 4) is 0 Å². The van der Waals surface area contributed by atoms with E-state index in [1.165, 1.54) is 27.3 Å². The lowest BCUT2D eigenvalue weighted by atomic mass is 10.3. The van der Waals surface area contributed by atoms with E-state index in [1.807, 2.05) is 24.3 Å². The number of amides is 2. The largest absolute Gasteiger partial charge is 0.435 e. The summed E-state index contributed by atoms with van der Waals surface area (Å²) in [4.78, 5) is 36.2. The van der Waals surface area contributed by atoms with E-state index in [0.717, 1.165) is 10.2 Å². The Labute approximate surface area is 147 Å². The molecule has 0 N–H and O–H groups in total. The quantitative estimate of drug-likeness (QED) is 0.676. The van der Waals surface area contributed by atoms with Gasteiger partial charge in [-0.2, -0.15) is 0 Å². The Morgan fingerprint density at radius 1 is 1.28 bits per heavy atom. The second kappa shape index (κ2) is 6.14. The van der Waals surface area contributed by atoms with Gasteiger partial charge in [-0.15, -0.1) is 0 Å². The zero-order chi connectivity index (χ0) is 17.4. The predicted molar refractivity (Wildman–Crippen MR) is 93.6 cm³/mol. The molecule has 0 aliphatic carbocycles. The molecule has 1 fully saturated rings. The van der Waals surface area contributed by atoms with Crippen molar-refractivity contribution in [3.05, 3.63) is 54.4 Å². The smallest absolute Gasteiger partial charge is 0.341 e. The monoisotopic (exact) mass is 354 g/mol. The maximum absolute atomic E-state index is 12.5. The molecular formula is C17H14N4O3S. The summed E-state index contributed by atoms with van der Waals surface area (Å²) in [7, 11) is 1.67. The second-order valence-electron chi connectivity index (χ2n) is 5.60. The predicted octanol–water partition coefficient (Wildman–Crippen LogP) is 2.75. The van der Waals surface area contributed by atoms with Crippen LogP contribution in [0.2, 0.25) is 0 Å². The van der Waals surface area contributed by atoms with E-state index in [1.54, 1.807) is 25.4 Å². The minimum absolute atomic E-state index is 0.247. The lowest BCUT2D eigenvalue weighted by Gasteiger charge is -2.20. The maximum Gasteiger partial charge on any atom is 0.341 e. The molecule has 0 saturated carbocycles. The molecule has 1 aromatic carbocycles. The average molecular weight is 354 g/mol. The summed E-state index contributed by atoms with van der Waals surface area (Å²) in [6.45, 7) is 0.279. The van der Waals surface area contributed by atoms with Gasteiger partial charge in [0.25, 0.3) is 0 Å². The number of ether oxygens (including phenoxy) is 1. The van der Waals surface area contributed by atoms with Gasteiger partial charge in [0.1, 0.15) is 0 Å². The lowest BCUT2D eigenvalue weighted by molar-refractivity contribution is 0.0331. The van der Waals surface area contributed by atoms with Crippen LogP contribution in [0.15, 0.2) is 48.8 Å². The van der Waals surface area contributed by atoms with E-state index in [9.17, 15) is 9.59 Å². The first-order valence-corrected chi connectivity index (χ1v) is 8.46. The van der Waals surface area contributed by atoms with Crippen molar-refractivity contribution in [1.29, 1.82) is 0 Å². The number of carbonyl (C=O) groups is 2. The van der Waals surface area contributed by atoms with Crippen LogP contribution in [0.3, 0.4) is 0 Å². The van der Waals surface area contributed by atoms with Crippen molar-refractivity contribution in [3.63, 3.8) is 0 Å². The molecule has 3 aromatic rings. The number of carbonyl (C=O) groups excluding carboxylic acids is 2. The third-order valence-corrected chi connectivity index (χ3v) is 4.92. The van der Waals surface area contributed by atoms with Crippen LogP contribution in [-0.4, -0.2) is 46.7 Å². The standard InChI is InChI=1S/C17H14N4O3S/c1-20-10-14(24-15(22)11-5-4-8-18-9-11)21(17(20)23)16-19-12-6-2-3-7-13(12)25-16/h2-9,14H,10H2,1H3. The number of urea groups is 1. The highest BCUT2D eigenvalue weighted by Crippen LogP contribution is 2.33. The van der Waals surface area contributed by atoms with Crippen molar-refractivity contribution < 1.29 is 14.3 Å². The molecule has 0 radical (unpaired) electrons. The van der Waals surface area contributed by atoms with Crippen LogP contribution >= 0.6 is 11.3 Å². The molecule has 3 heterocycles. The number of hydrogen-bond acceptors (Lipinski definition) is 6. The first kappa shape index (κ1) is 15.5. The van der Waals surface area contributed by atoms with E-state index >= 15 is 0 Å². The number of fused-ring (bicyclic) bond motifs is 1. The molecule has 0 bridgehead atoms. The highest BCUT2D eigenvalue weighted by Gasteiger charge is 2.40. The Morgan fingerprint density at radius 3 is 2.88 bits per heavy atom. The van der Waals surface area contributed by atoms with E-state index in [2.05, 4.69) is 9.97 Å². The molecule has 2 amide bonds. The van der Waals surface area contributed by atoms with E-state index in [-0.39, 0.29) is 12.6 Å². The average Bonchev–Trinajstić information content (AvgIpc) is 3.16. The zero-order valence-corrected chi connectivity index (χ0v) is 14.1. The third-order valence-electron chi connectivity index (χ3n) is 3.88. The number of anilines is 1. The van der Waals surface area contributed by atoms with Gasteiger partial charge in [0.15, 0.2) is 5.13 Å². The second-order valence-corrected chi connectivity index (χ2v) is 6.61. The van der Waals surface area contributed by atoms with Crippen molar-refractivity contribution >= 4 is 38.7 Å². The molecule has 1 aliphatic heterocycles. The van der Waals surface area contributed by atoms with Crippen LogP contribution in [0, 0.1) is 0 Å². The fourth-order valence-electron chi connectivity index (χ4n) is 2.63. The van der Waals surface area contributed by atoms with Crippen molar-refractivity contribution in [1.82, 2.24) is 14.9 Å². The number of nitrogens with zero attached hydrogens (tertiary/aromatic N) is 4. The highest BCUT2D eigenvalue weighted by atomic mass is 32.1. The molecule has 126 valence electrons. The first-order valence-electron chi connectivity index (χ1n) is 7.64. The highest BCUT2D eigenvalue weighted by molar-refractivity contribution is 7.22. The Hall–Kier alpha value is -3.00. The first-order chi connectivity index (χ1) is 12.1. The number of rotatable bonds is 3. The zero-order valence-electron chi connectivity index (χ0n) is 13.3. The fourth-order valence-corrected chi connectivity index (χ4v) is 3.63. The molecule has 7 nitrogen and oxygen atoms in total. The van der Waals surface area contributed by atoms with Gasteiger partial charge in [-0.1, -0.05) is 23.5 Å². The molecule has 1 aliphatic rings. The van der Waals surface area contributed by atoms with Gasteiger partial charge >= 0.3 is 12.0 Å². The van der Waals surface area contributed by atoms with Gasteiger partial charge in [-0.05, 0) is 24.3 Å². The SMILES string of the molecule is CN1CC(OC(=O)c2cccnc2)N(c2nc3ccccc3s2)C1=O. The Bertz CT molecular complexity index is 910. The molecule has 4 rings (SSSR count). The molecule has 2 aromatic heterocycles. The van der Waals surface area contributed by atoms with Gasteiger partial charge in [-0.3, -0.25) is 4.98 Å². The summed E-state index contributed by atoms with van der Waals surface area (Å²) in [5.74, 6) is -0.521. The van der Waals surface area contributed by atoms with Crippen LogP contribution in [0.25, 0.3) is 10.2 Å². The summed E-state index contributed by atoms with van der Waals surface area (Å²) < 4.78 is 6.52. The minimum atomic E-state index is -0.731. The topological polar surface area (TPSA) is 75.6 Å². The molecule has 0 spiro atoms. The number of hydrogen-bond donors (Lipinski definition) is 0. The van der Waals surface area contributed by atoms with Gasteiger partial charge in [0, 0.05) is 19.4 Å². The van der Waals surface area contributed by atoms with E-state index in [4.69, 9.17) is 4.74 Å². The Kier molecular flexibility index (Phi) is 3.81. The number of thiazole rings is 1. The van der Waals surface area contributed by atoms with Gasteiger partial charge < -0.3 is 9.64 Å². The number of pyridine rings is 1. The normalized spacial score (nSPS) is 17.3. The summed E-state index contributed by atoms with van der Waals surface area (Å²) in [6.07, 6.45) is 2.29. The van der Waals surface area contributed by atoms with E-state index < -0.39 is 12.2 Å². The van der Waals surface area contributed by atoms with Crippen molar-refractivity contribution in [2.75, 3.05) is 18.5 Å². The lowest BCUT2D eigenvalue weighted by Crippen LogP contribution is -2.37. The van der Waals surface area contributed by atoms with Gasteiger partial charge in [-0.25, -0.2) is 19.5 Å². The molecule has 1 saturated heterocycles. The van der Waals surface area contributed by atoms with Crippen molar-refractivity contribution in [2.45, 2.75) is 6.23 Å². The summed E-state index contributed by atoms with van der Waals surface area (Å²) in [5, 5.41) is 0.513. The van der Waals surface area contributed by atoms with Crippen LogP contribution in [-0.2, 0) is 4.74 Å². The molecule has 25 heavy (non-hydrogen) atoms. The van der Waals surface area contributed by atoms with Crippen LogP contribution < -0.4 is 4.90 Å². The number of benzene rings is 1. The molecule has 1 unspecified atom stereocenters. The van der Waals surface area contributed by atoms with Crippen LogP contribution in [0.4, 0.5) is 9.93 Å². The number of aromatic nitrogens is 2. The number of likely N-dealkylation sites (N-methyl/N-ethyl adjacent to an activating group) is 1. The maximum atomic E-state index is 12.5. The van der Waals surface area contributed by atoms with Gasteiger partial charge in [0.05, 0.1) is 22.3 Å². The minimum Gasteiger partial charge on any atom is -0.435 e. The summed E-state index contributed by atoms with van der Waals surface area (Å²) in [5.41, 5.74) is 1.15. The van der Waals surface area contributed by atoms with E-state index in [0.29, 0.717) is 10.7 Å². The molecule has 1 atom stereocenters. The molecular weight excluding hydrogens is 340 g/mol. The van der Waals surface area contributed by atoms with Crippen molar-refractivity contribution in [2.24, 2.45) is 0 Å². The Balaban J connectivity index is 1.64. The summed E-state index contributed by atoms with van der Waals surface area (Å²) >= 11 is 1.39. The van der Waals surface area contributed by atoms with Gasteiger partial charge in [0.2, 0.25) is 6.23 Å². The number of esters is 1. The third kappa shape index (κ3) is 2.80. The Morgan fingerprint density at radius 2 is 2.12 bits per heavy atom. The summed E-state index contributed by atoms with van der Waals surface area (Å²) in [6, 6.07) is 10.7. The van der Waals surface area contributed by atoms with Crippen LogP contribution in [0.5, 0.6) is 0 Å². The van der Waals surface area contributed by atoms with Crippen LogP contribution in [0.1, 0.15) is 10.4 Å². The molecule has 8 heteroatoms. The fraction of sp³-hybridized carbons (Fsp3) is 0.176.